The van der Waals surface area contributed by atoms with Crippen molar-refractivity contribution in [1.82, 2.24) is 0 Å². The molecule has 0 N–H and O–H groups in total. The average Bonchev–Trinajstić information content (AvgIpc) is 2.17. The average molecular weight is 230 g/mol. The van der Waals surface area contributed by atoms with Crippen LogP contribution in [0.15, 0.2) is 0 Å². The Kier molecular flexibility index (Phi) is 15.5. The molecule has 0 rings (SSSR count). The number of rotatable bonds is 7. The SMILES string of the molecule is CC(C)=O.CCCCCCCC(=O)OCC. The van der Waals surface area contributed by atoms with Gasteiger partial charge in [0.1, 0.15) is 5.78 Å². The van der Waals surface area contributed by atoms with Gasteiger partial charge in [-0.15, -0.1) is 0 Å². The Bertz CT molecular complexity index is 172. The van der Waals surface area contributed by atoms with Crippen molar-refractivity contribution in [3.63, 3.8) is 0 Å². The number of Topliss-reactive ketones (excluding diaryl/α,β-unsaturated/α-hetero) is 1. The fourth-order valence-corrected chi connectivity index (χ4v) is 1.11. The molecular weight excluding hydrogens is 204 g/mol. The van der Waals surface area contributed by atoms with Crippen LogP contribution in [0.1, 0.15) is 66.2 Å². The quantitative estimate of drug-likeness (QED) is 0.496. The number of esters is 1. The molecule has 0 aliphatic heterocycles. The number of ketones is 1. The van der Waals surface area contributed by atoms with E-state index in [0.29, 0.717) is 13.0 Å². The number of carbonyl (C=O) groups excluding carboxylic acids is 2. The summed E-state index contributed by atoms with van der Waals surface area (Å²) in [5.74, 6) is 0.119. The highest BCUT2D eigenvalue weighted by Crippen LogP contribution is 2.05. The highest BCUT2D eigenvalue weighted by atomic mass is 16.5. The molecule has 0 spiro atoms. The van der Waals surface area contributed by atoms with Crippen LogP contribution in [0.2, 0.25) is 0 Å². The molecule has 0 aromatic heterocycles. The minimum atomic E-state index is -0.0472. The van der Waals surface area contributed by atoms with Gasteiger partial charge in [0.25, 0.3) is 0 Å². The van der Waals surface area contributed by atoms with Gasteiger partial charge in [-0.3, -0.25) is 4.79 Å². The molecule has 0 saturated heterocycles. The van der Waals surface area contributed by atoms with Crippen molar-refractivity contribution >= 4 is 11.8 Å². The summed E-state index contributed by atoms with van der Waals surface area (Å²) in [4.78, 5) is 20.3. The molecule has 0 unspecified atom stereocenters. The van der Waals surface area contributed by atoms with E-state index in [0.717, 1.165) is 12.8 Å². The summed E-state index contributed by atoms with van der Waals surface area (Å²) in [6.45, 7) is 7.59. The van der Waals surface area contributed by atoms with Crippen LogP contribution in [0.3, 0.4) is 0 Å². The van der Waals surface area contributed by atoms with Gasteiger partial charge in [0, 0.05) is 6.42 Å². The molecule has 0 radical (unpaired) electrons. The maximum atomic E-state index is 10.9. The molecule has 0 bridgehead atoms. The lowest BCUT2D eigenvalue weighted by Crippen LogP contribution is -2.02. The molecule has 0 aliphatic carbocycles. The lowest BCUT2D eigenvalue weighted by atomic mass is 10.1. The Labute approximate surface area is 99.6 Å². The van der Waals surface area contributed by atoms with Crippen molar-refractivity contribution in [2.75, 3.05) is 6.61 Å². The normalized spacial score (nSPS) is 9.00. The molecule has 0 aromatic rings. The van der Waals surface area contributed by atoms with Crippen LogP contribution in [0.4, 0.5) is 0 Å². The summed E-state index contributed by atoms with van der Waals surface area (Å²) in [5, 5.41) is 0. The predicted octanol–water partition coefficient (Wildman–Crippen LogP) is 3.51. The van der Waals surface area contributed by atoms with Gasteiger partial charge in [-0.1, -0.05) is 32.6 Å². The molecule has 96 valence electrons. The summed E-state index contributed by atoms with van der Waals surface area (Å²) < 4.78 is 4.81. The van der Waals surface area contributed by atoms with Crippen LogP contribution >= 0.6 is 0 Å². The lowest BCUT2D eigenvalue weighted by molar-refractivity contribution is -0.143. The fraction of sp³-hybridized carbons (Fsp3) is 0.846. The maximum Gasteiger partial charge on any atom is 0.305 e. The van der Waals surface area contributed by atoms with E-state index in [1.807, 2.05) is 6.92 Å². The topological polar surface area (TPSA) is 43.4 Å². The van der Waals surface area contributed by atoms with Crippen LogP contribution in [0.25, 0.3) is 0 Å². The third-order valence-electron chi connectivity index (χ3n) is 1.79. The Morgan fingerprint density at radius 1 is 0.938 bits per heavy atom. The second kappa shape index (κ2) is 14.1. The highest BCUT2D eigenvalue weighted by molar-refractivity contribution is 5.72. The van der Waals surface area contributed by atoms with Crippen LogP contribution in [0, 0.1) is 0 Å². The first kappa shape index (κ1) is 17.5. The van der Waals surface area contributed by atoms with Gasteiger partial charge < -0.3 is 9.53 Å². The Morgan fingerprint density at radius 2 is 1.44 bits per heavy atom. The monoisotopic (exact) mass is 230 g/mol. The summed E-state index contributed by atoms with van der Waals surface area (Å²) >= 11 is 0. The Morgan fingerprint density at radius 3 is 1.88 bits per heavy atom. The summed E-state index contributed by atoms with van der Waals surface area (Å²) in [7, 11) is 0. The molecular formula is C13H26O3. The van der Waals surface area contributed by atoms with Gasteiger partial charge in [-0.25, -0.2) is 0 Å². The predicted molar refractivity (Wildman–Crippen MR) is 66.4 cm³/mol. The highest BCUT2D eigenvalue weighted by Gasteiger charge is 1.99. The van der Waals surface area contributed by atoms with E-state index in [4.69, 9.17) is 4.74 Å². The zero-order chi connectivity index (χ0) is 12.8. The van der Waals surface area contributed by atoms with E-state index in [-0.39, 0.29) is 11.8 Å². The van der Waals surface area contributed by atoms with E-state index in [1.54, 1.807) is 0 Å². The minimum absolute atomic E-state index is 0.0472. The number of ether oxygens (including phenoxy) is 1. The zero-order valence-corrected chi connectivity index (χ0v) is 11.2. The first-order valence-electron chi connectivity index (χ1n) is 6.17. The van der Waals surface area contributed by atoms with Gasteiger partial charge in [-0.2, -0.15) is 0 Å². The molecule has 3 nitrogen and oxygen atoms in total. The van der Waals surface area contributed by atoms with Crippen LogP contribution in [-0.2, 0) is 14.3 Å². The maximum absolute atomic E-state index is 10.9. The van der Waals surface area contributed by atoms with Gasteiger partial charge >= 0.3 is 5.97 Å². The number of hydrogen-bond donors (Lipinski definition) is 0. The molecule has 16 heavy (non-hydrogen) atoms. The molecule has 0 saturated carbocycles. The zero-order valence-electron chi connectivity index (χ0n) is 11.2. The minimum Gasteiger partial charge on any atom is -0.466 e. The van der Waals surface area contributed by atoms with Crippen molar-refractivity contribution in [3.05, 3.63) is 0 Å². The third-order valence-corrected chi connectivity index (χ3v) is 1.79. The van der Waals surface area contributed by atoms with E-state index in [1.165, 1.54) is 33.1 Å². The molecule has 0 heterocycles. The lowest BCUT2D eigenvalue weighted by Gasteiger charge is -2.00. The number of carbonyl (C=O) groups is 2. The van der Waals surface area contributed by atoms with Crippen molar-refractivity contribution in [1.29, 1.82) is 0 Å². The molecule has 0 aliphatic rings. The van der Waals surface area contributed by atoms with E-state index in [9.17, 15) is 9.59 Å². The van der Waals surface area contributed by atoms with E-state index >= 15 is 0 Å². The van der Waals surface area contributed by atoms with Gasteiger partial charge in [0.05, 0.1) is 6.61 Å². The summed E-state index contributed by atoms with van der Waals surface area (Å²) in [6.07, 6.45) is 6.52. The third kappa shape index (κ3) is 23.2. The van der Waals surface area contributed by atoms with Crippen molar-refractivity contribution in [2.45, 2.75) is 66.2 Å². The molecule has 0 atom stereocenters. The fourth-order valence-electron chi connectivity index (χ4n) is 1.11. The number of hydrogen-bond acceptors (Lipinski definition) is 3. The molecule has 0 amide bonds. The Hall–Kier alpha value is -0.860. The Balaban J connectivity index is 0. The smallest absolute Gasteiger partial charge is 0.305 e. The van der Waals surface area contributed by atoms with Crippen LogP contribution in [0.5, 0.6) is 0 Å². The van der Waals surface area contributed by atoms with Crippen molar-refractivity contribution in [3.8, 4) is 0 Å². The van der Waals surface area contributed by atoms with Gasteiger partial charge in [0.2, 0.25) is 0 Å². The van der Waals surface area contributed by atoms with Gasteiger partial charge in [0.15, 0.2) is 0 Å². The van der Waals surface area contributed by atoms with Crippen molar-refractivity contribution in [2.24, 2.45) is 0 Å². The second-order valence-corrected chi connectivity index (χ2v) is 3.88. The van der Waals surface area contributed by atoms with Gasteiger partial charge in [-0.05, 0) is 27.2 Å². The number of unbranched alkanes of at least 4 members (excludes halogenated alkanes) is 4. The molecule has 0 aromatic carbocycles. The van der Waals surface area contributed by atoms with E-state index < -0.39 is 0 Å². The van der Waals surface area contributed by atoms with Crippen LogP contribution < -0.4 is 0 Å². The van der Waals surface area contributed by atoms with Crippen LogP contribution in [-0.4, -0.2) is 18.4 Å². The second-order valence-electron chi connectivity index (χ2n) is 3.88. The summed E-state index contributed by atoms with van der Waals surface area (Å²) in [5.41, 5.74) is 0. The first-order chi connectivity index (χ1) is 7.54. The molecule has 3 heteroatoms. The first-order valence-corrected chi connectivity index (χ1v) is 6.17. The summed E-state index contributed by atoms with van der Waals surface area (Å²) in [6, 6.07) is 0. The van der Waals surface area contributed by atoms with E-state index in [2.05, 4.69) is 6.92 Å². The molecule has 0 fully saturated rings. The largest absolute Gasteiger partial charge is 0.466 e. The standard InChI is InChI=1S/C10H20O2.C3H6O/c1-3-5-6-7-8-9-10(11)12-4-2;1-3(2)4/h3-9H2,1-2H3;1-2H3. The van der Waals surface area contributed by atoms with Crippen molar-refractivity contribution < 1.29 is 14.3 Å².